The van der Waals surface area contributed by atoms with Crippen molar-refractivity contribution in [3.63, 3.8) is 0 Å². The molecule has 7 heteroatoms. The van der Waals surface area contributed by atoms with Crippen LogP contribution in [0.2, 0.25) is 0 Å². The monoisotopic (exact) mass is 362 g/mol. The predicted octanol–water partition coefficient (Wildman–Crippen LogP) is 3.61. The van der Waals surface area contributed by atoms with Crippen LogP contribution in [0.25, 0.3) is 20.8 Å². The summed E-state index contributed by atoms with van der Waals surface area (Å²) in [5.74, 6) is -0.431. The lowest BCUT2D eigenvalue weighted by atomic mass is 10.2. The van der Waals surface area contributed by atoms with Crippen LogP contribution in [0.5, 0.6) is 0 Å². The van der Waals surface area contributed by atoms with Crippen molar-refractivity contribution >= 4 is 33.1 Å². The minimum atomic E-state index is -0.431. The van der Waals surface area contributed by atoms with Crippen molar-refractivity contribution in [3.05, 3.63) is 76.5 Å². The van der Waals surface area contributed by atoms with Gasteiger partial charge in [0.15, 0.2) is 0 Å². The number of hydrogen-bond donors (Lipinski definition) is 2. The highest BCUT2D eigenvalue weighted by Gasteiger charge is 2.10. The summed E-state index contributed by atoms with van der Waals surface area (Å²) >= 11 is 1.64. The summed E-state index contributed by atoms with van der Waals surface area (Å²) in [7, 11) is 0. The molecule has 0 aliphatic rings. The molecule has 0 aliphatic carbocycles. The van der Waals surface area contributed by atoms with Crippen LogP contribution in [0.15, 0.2) is 59.7 Å². The first kappa shape index (κ1) is 16.2. The van der Waals surface area contributed by atoms with Crippen LogP contribution in [-0.2, 0) is 0 Å². The minimum absolute atomic E-state index is 0.0689. The number of carbonyl (C=O) groups excluding carboxylic acids is 1. The number of nitrogens with zero attached hydrogens (tertiary/aromatic N) is 2. The smallest absolute Gasteiger partial charge is 0.274 e. The molecule has 0 aliphatic heterocycles. The second-order valence-corrected chi connectivity index (χ2v) is 6.85. The number of anilines is 1. The van der Waals surface area contributed by atoms with E-state index in [4.69, 9.17) is 0 Å². The molecule has 0 bridgehead atoms. The Hall–Kier alpha value is -3.32. The van der Waals surface area contributed by atoms with Gasteiger partial charge in [-0.25, -0.2) is 9.97 Å². The molecule has 2 aromatic carbocycles. The summed E-state index contributed by atoms with van der Waals surface area (Å²) in [5.41, 5.74) is 3.49. The molecule has 0 unspecified atom stereocenters. The van der Waals surface area contributed by atoms with E-state index in [0.717, 1.165) is 26.9 Å². The van der Waals surface area contributed by atoms with Crippen LogP contribution in [0, 0.1) is 6.92 Å². The average molecular weight is 362 g/mol. The molecule has 6 nitrogen and oxygen atoms in total. The number of carbonyl (C=O) groups is 1. The zero-order chi connectivity index (χ0) is 18.1. The van der Waals surface area contributed by atoms with Gasteiger partial charge in [-0.1, -0.05) is 6.07 Å². The highest BCUT2D eigenvalue weighted by atomic mass is 32.1. The molecule has 26 heavy (non-hydrogen) atoms. The number of H-pyrrole nitrogens is 1. The van der Waals surface area contributed by atoms with Crippen molar-refractivity contribution in [2.45, 2.75) is 6.92 Å². The first-order valence-corrected chi connectivity index (χ1v) is 8.74. The Morgan fingerprint density at radius 2 is 1.92 bits per heavy atom. The van der Waals surface area contributed by atoms with Crippen molar-refractivity contribution in [1.29, 1.82) is 0 Å². The van der Waals surface area contributed by atoms with Crippen LogP contribution >= 0.6 is 11.3 Å². The van der Waals surface area contributed by atoms with E-state index in [1.54, 1.807) is 23.5 Å². The molecule has 0 spiro atoms. The molecular formula is C19H14N4O2S. The summed E-state index contributed by atoms with van der Waals surface area (Å²) in [4.78, 5) is 34.3. The van der Waals surface area contributed by atoms with Gasteiger partial charge in [-0.05, 0) is 48.9 Å². The third-order valence-electron chi connectivity index (χ3n) is 3.84. The maximum Gasteiger partial charge on any atom is 0.274 e. The standard InChI is InChI=1S/C19H14N4O2S/c1-11-2-7-14-16(8-11)26-19(23-14)12-3-5-13(6-4-12)22-18(25)15-9-17(24)21-10-20-15/h2-10H,1H3,(H,22,25)(H,20,21,24). The zero-order valence-electron chi connectivity index (χ0n) is 13.8. The molecule has 0 saturated carbocycles. The molecule has 2 heterocycles. The van der Waals surface area contributed by atoms with E-state index in [0.29, 0.717) is 5.69 Å². The Morgan fingerprint density at radius 3 is 2.69 bits per heavy atom. The number of aromatic nitrogens is 3. The Kier molecular flexibility index (Phi) is 4.06. The van der Waals surface area contributed by atoms with Gasteiger partial charge in [0.1, 0.15) is 10.7 Å². The van der Waals surface area contributed by atoms with Crippen molar-refractivity contribution in [2.75, 3.05) is 5.32 Å². The van der Waals surface area contributed by atoms with Crippen molar-refractivity contribution in [2.24, 2.45) is 0 Å². The van der Waals surface area contributed by atoms with E-state index >= 15 is 0 Å². The van der Waals surface area contributed by atoms with Gasteiger partial charge in [-0.3, -0.25) is 9.59 Å². The molecule has 128 valence electrons. The lowest BCUT2D eigenvalue weighted by Crippen LogP contribution is -2.17. The van der Waals surface area contributed by atoms with E-state index in [9.17, 15) is 9.59 Å². The molecule has 2 aromatic heterocycles. The van der Waals surface area contributed by atoms with Gasteiger partial charge in [-0.15, -0.1) is 11.3 Å². The third kappa shape index (κ3) is 3.25. The minimum Gasteiger partial charge on any atom is -0.321 e. The van der Waals surface area contributed by atoms with E-state index in [-0.39, 0.29) is 11.3 Å². The second kappa shape index (κ2) is 6.53. The molecule has 2 N–H and O–H groups in total. The maximum atomic E-state index is 12.1. The summed E-state index contributed by atoms with van der Waals surface area (Å²) in [6.07, 6.45) is 1.20. The lowest BCUT2D eigenvalue weighted by molar-refractivity contribution is 0.102. The number of amides is 1. The summed E-state index contributed by atoms with van der Waals surface area (Å²) in [6.45, 7) is 2.06. The SMILES string of the molecule is Cc1ccc2nc(-c3ccc(NC(=O)c4cc(=O)[nH]cn4)cc3)sc2c1. The molecule has 0 radical (unpaired) electrons. The Bertz CT molecular complexity index is 1160. The zero-order valence-corrected chi connectivity index (χ0v) is 14.6. The van der Waals surface area contributed by atoms with Crippen LogP contribution in [0.1, 0.15) is 16.1 Å². The number of thiazole rings is 1. The van der Waals surface area contributed by atoms with E-state index in [1.165, 1.54) is 11.9 Å². The Labute approximate surface area is 152 Å². The molecular weight excluding hydrogens is 348 g/mol. The maximum absolute atomic E-state index is 12.1. The van der Waals surface area contributed by atoms with Gasteiger partial charge < -0.3 is 10.3 Å². The van der Waals surface area contributed by atoms with Crippen molar-refractivity contribution in [3.8, 4) is 10.6 Å². The molecule has 1 amide bonds. The van der Waals surface area contributed by atoms with E-state index < -0.39 is 5.91 Å². The van der Waals surface area contributed by atoms with Crippen LogP contribution in [0.3, 0.4) is 0 Å². The van der Waals surface area contributed by atoms with Crippen molar-refractivity contribution < 1.29 is 4.79 Å². The van der Waals surface area contributed by atoms with Gasteiger partial charge in [0.2, 0.25) is 0 Å². The highest BCUT2D eigenvalue weighted by molar-refractivity contribution is 7.21. The van der Waals surface area contributed by atoms with Gasteiger partial charge >= 0.3 is 0 Å². The van der Waals surface area contributed by atoms with Crippen LogP contribution in [0.4, 0.5) is 5.69 Å². The van der Waals surface area contributed by atoms with Crippen LogP contribution in [-0.4, -0.2) is 20.9 Å². The normalized spacial score (nSPS) is 10.8. The van der Waals surface area contributed by atoms with E-state index in [2.05, 4.69) is 33.3 Å². The molecule has 0 fully saturated rings. The first-order chi connectivity index (χ1) is 12.6. The number of benzene rings is 2. The number of fused-ring (bicyclic) bond motifs is 1. The number of aryl methyl sites for hydroxylation is 1. The van der Waals surface area contributed by atoms with Gasteiger partial charge in [0, 0.05) is 17.3 Å². The molecule has 4 rings (SSSR count). The number of nitrogens with one attached hydrogen (secondary N) is 2. The molecule has 0 atom stereocenters. The molecule has 4 aromatic rings. The largest absolute Gasteiger partial charge is 0.321 e. The fourth-order valence-electron chi connectivity index (χ4n) is 2.54. The Balaban J connectivity index is 1.56. The number of rotatable bonds is 3. The predicted molar refractivity (Wildman–Crippen MR) is 103 cm³/mol. The third-order valence-corrected chi connectivity index (χ3v) is 4.91. The highest BCUT2D eigenvalue weighted by Crippen LogP contribution is 2.31. The second-order valence-electron chi connectivity index (χ2n) is 5.82. The van der Waals surface area contributed by atoms with E-state index in [1.807, 2.05) is 24.3 Å². The number of aromatic amines is 1. The fourth-order valence-corrected chi connectivity index (χ4v) is 3.61. The number of hydrogen-bond acceptors (Lipinski definition) is 5. The van der Waals surface area contributed by atoms with Crippen molar-refractivity contribution in [1.82, 2.24) is 15.0 Å². The quantitative estimate of drug-likeness (QED) is 0.583. The summed E-state index contributed by atoms with van der Waals surface area (Å²) < 4.78 is 1.15. The van der Waals surface area contributed by atoms with Gasteiger partial charge in [0.25, 0.3) is 11.5 Å². The average Bonchev–Trinajstić information content (AvgIpc) is 3.05. The Morgan fingerprint density at radius 1 is 1.12 bits per heavy atom. The first-order valence-electron chi connectivity index (χ1n) is 7.92. The fraction of sp³-hybridized carbons (Fsp3) is 0.0526. The summed E-state index contributed by atoms with van der Waals surface area (Å²) in [6, 6.07) is 14.8. The lowest BCUT2D eigenvalue weighted by Gasteiger charge is -2.05. The van der Waals surface area contributed by atoms with Gasteiger partial charge in [-0.2, -0.15) is 0 Å². The van der Waals surface area contributed by atoms with Crippen LogP contribution < -0.4 is 10.9 Å². The summed E-state index contributed by atoms with van der Waals surface area (Å²) in [5, 5.41) is 3.66. The van der Waals surface area contributed by atoms with Gasteiger partial charge in [0.05, 0.1) is 16.5 Å². The molecule has 0 saturated heterocycles. The topological polar surface area (TPSA) is 87.7 Å².